The van der Waals surface area contributed by atoms with Crippen LogP contribution in [0.4, 0.5) is 5.69 Å². The smallest absolute Gasteiger partial charge is 0.264 e. The van der Waals surface area contributed by atoms with Gasteiger partial charge in [0.25, 0.3) is 10.0 Å². The van der Waals surface area contributed by atoms with Crippen molar-refractivity contribution in [1.29, 1.82) is 0 Å². The number of hydrogen-bond acceptors (Lipinski definition) is 5. The molecular weight excluding hydrogens is 561 g/mol. The van der Waals surface area contributed by atoms with Crippen LogP contribution in [-0.4, -0.2) is 51.4 Å². The van der Waals surface area contributed by atoms with Gasteiger partial charge in [-0.25, -0.2) is 8.42 Å². The van der Waals surface area contributed by atoms with E-state index in [2.05, 4.69) is 5.32 Å². The van der Waals surface area contributed by atoms with Gasteiger partial charge in [0.2, 0.25) is 11.8 Å². The summed E-state index contributed by atoms with van der Waals surface area (Å²) in [4.78, 5) is 28.1. The number of likely N-dealkylation sites (N-methyl/N-ethyl adjacent to an activating group) is 1. The van der Waals surface area contributed by atoms with Crippen LogP contribution in [0.5, 0.6) is 5.75 Å². The average molecular weight is 593 g/mol. The Morgan fingerprint density at radius 3 is 2.08 bits per heavy atom. The van der Waals surface area contributed by atoms with E-state index in [1.165, 1.54) is 24.1 Å². The molecule has 0 fully saturated rings. The van der Waals surface area contributed by atoms with Gasteiger partial charge in [0.05, 0.1) is 17.2 Å². The normalized spacial score (nSPS) is 11.9. The molecule has 0 bridgehead atoms. The van der Waals surface area contributed by atoms with E-state index in [0.29, 0.717) is 28.0 Å². The highest BCUT2D eigenvalue weighted by Gasteiger charge is 2.34. The molecule has 0 aliphatic heterocycles. The lowest BCUT2D eigenvalue weighted by Crippen LogP contribution is -2.51. The minimum Gasteiger partial charge on any atom is -0.494 e. The highest BCUT2D eigenvalue weighted by molar-refractivity contribution is 7.92. The van der Waals surface area contributed by atoms with Crippen LogP contribution in [0, 0.1) is 0 Å². The lowest BCUT2D eigenvalue weighted by molar-refractivity contribution is -0.140. The Labute approximate surface area is 239 Å². The zero-order valence-electron chi connectivity index (χ0n) is 21.9. The number of anilines is 1. The van der Waals surface area contributed by atoms with Crippen LogP contribution in [0.15, 0.2) is 77.7 Å². The van der Waals surface area contributed by atoms with Crippen LogP contribution in [0.25, 0.3) is 0 Å². The first kappa shape index (κ1) is 30.3. The molecule has 1 atom stereocenters. The van der Waals surface area contributed by atoms with Gasteiger partial charge in [-0.15, -0.1) is 0 Å². The van der Waals surface area contributed by atoms with Crippen molar-refractivity contribution < 1.29 is 22.7 Å². The Balaban J connectivity index is 2.08. The van der Waals surface area contributed by atoms with Crippen molar-refractivity contribution in [2.45, 2.75) is 37.8 Å². The highest BCUT2D eigenvalue weighted by atomic mass is 35.5. The summed E-state index contributed by atoms with van der Waals surface area (Å²) in [5.74, 6) is -0.437. The summed E-state index contributed by atoms with van der Waals surface area (Å²) in [6.45, 7) is 3.39. The van der Waals surface area contributed by atoms with Crippen LogP contribution in [0.2, 0.25) is 10.0 Å². The third-order valence-corrected chi connectivity index (χ3v) is 8.56. The van der Waals surface area contributed by atoms with Gasteiger partial charge in [-0.1, -0.05) is 54.4 Å². The Bertz CT molecular complexity index is 1370. The third kappa shape index (κ3) is 7.23. The van der Waals surface area contributed by atoms with E-state index in [0.717, 1.165) is 4.31 Å². The fourth-order valence-corrected chi connectivity index (χ4v) is 6.02. The lowest BCUT2D eigenvalue weighted by atomic mass is 10.1. The monoisotopic (exact) mass is 591 g/mol. The van der Waals surface area contributed by atoms with Gasteiger partial charge >= 0.3 is 0 Å². The van der Waals surface area contributed by atoms with Crippen molar-refractivity contribution in [1.82, 2.24) is 10.2 Å². The van der Waals surface area contributed by atoms with Gasteiger partial charge < -0.3 is 15.0 Å². The number of ether oxygens (including phenoxy) is 1. The summed E-state index contributed by atoms with van der Waals surface area (Å²) in [5, 5.41) is 3.23. The first-order chi connectivity index (χ1) is 18.6. The number of hydrogen-bond donors (Lipinski definition) is 1. The van der Waals surface area contributed by atoms with Crippen LogP contribution >= 0.6 is 23.2 Å². The first-order valence-corrected chi connectivity index (χ1v) is 14.6. The minimum atomic E-state index is -4.16. The number of carbonyl (C=O) groups excluding carboxylic acids is 2. The van der Waals surface area contributed by atoms with E-state index >= 15 is 0 Å². The van der Waals surface area contributed by atoms with Crippen molar-refractivity contribution in [2.24, 2.45) is 0 Å². The Hall–Kier alpha value is -3.27. The van der Waals surface area contributed by atoms with E-state index < -0.39 is 34.4 Å². The van der Waals surface area contributed by atoms with E-state index in [4.69, 9.17) is 27.9 Å². The second-order valence-electron chi connectivity index (χ2n) is 8.51. The molecule has 3 aromatic rings. The van der Waals surface area contributed by atoms with Crippen molar-refractivity contribution in [3.8, 4) is 5.75 Å². The average Bonchev–Trinajstić information content (AvgIpc) is 2.94. The SMILES string of the molecule is CCOc1ccc(N(CC(=O)N(Cc2c(Cl)cccc2Cl)C(CC)C(=O)NC)S(=O)(=O)c2ccccc2)cc1. The summed E-state index contributed by atoms with van der Waals surface area (Å²) in [6.07, 6.45) is 0.280. The van der Waals surface area contributed by atoms with E-state index in [1.54, 1.807) is 67.6 Å². The Morgan fingerprint density at radius 1 is 0.923 bits per heavy atom. The number of amides is 2. The highest BCUT2D eigenvalue weighted by Crippen LogP contribution is 2.29. The molecular formula is C28H31Cl2N3O5S. The molecule has 0 saturated heterocycles. The maximum atomic E-state index is 14.0. The number of nitrogens with zero attached hydrogens (tertiary/aromatic N) is 2. The third-order valence-electron chi connectivity index (χ3n) is 6.07. The van der Waals surface area contributed by atoms with Crippen LogP contribution < -0.4 is 14.4 Å². The number of nitrogens with one attached hydrogen (secondary N) is 1. The molecule has 0 radical (unpaired) electrons. The summed E-state index contributed by atoms with van der Waals surface area (Å²) >= 11 is 12.8. The molecule has 3 rings (SSSR count). The molecule has 1 N–H and O–H groups in total. The molecule has 0 spiro atoms. The zero-order chi connectivity index (χ0) is 28.6. The Kier molecular flexibility index (Phi) is 10.6. The molecule has 0 aliphatic rings. The largest absolute Gasteiger partial charge is 0.494 e. The van der Waals surface area contributed by atoms with Gasteiger partial charge in [-0.05, 0) is 61.9 Å². The molecule has 8 nitrogen and oxygen atoms in total. The number of carbonyl (C=O) groups is 2. The molecule has 3 aromatic carbocycles. The second-order valence-corrected chi connectivity index (χ2v) is 11.2. The van der Waals surface area contributed by atoms with Gasteiger partial charge in [0.1, 0.15) is 18.3 Å². The van der Waals surface area contributed by atoms with Crippen molar-refractivity contribution in [2.75, 3.05) is 24.5 Å². The molecule has 0 heterocycles. The number of sulfonamides is 1. The fraction of sp³-hybridized carbons (Fsp3) is 0.286. The predicted molar refractivity (Wildman–Crippen MR) is 154 cm³/mol. The Morgan fingerprint density at radius 2 is 1.54 bits per heavy atom. The summed E-state index contributed by atoms with van der Waals surface area (Å²) < 4.78 is 34.1. The number of halogens is 2. The quantitative estimate of drug-likeness (QED) is 0.314. The summed E-state index contributed by atoms with van der Waals surface area (Å²) in [6, 6.07) is 18.3. The van der Waals surface area contributed by atoms with Gasteiger partial charge in [-0.2, -0.15) is 0 Å². The number of rotatable bonds is 12. The molecule has 11 heteroatoms. The second kappa shape index (κ2) is 13.7. The lowest BCUT2D eigenvalue weighted by Gasteiger charge is -2.33. The molecule has 1 unspecified atom stereocenters. The van der Waals surface area contributed by atoms with Crippen molar-refractivity contribution >= 4 is 50.7 Å². The maximum absolute atomic E-state index is 14.0. The summed E-state index contributed by atoms with van der Waals surface area (Å²) in [7, 11) is -2.69. The molecule has 2 amide bonds. The van der Waals surface area contributed by atoms with E-state index in [-0.39, 0.29) is 23.5 Å². The molecule has 39 heavy (non-hydrogen) atoms. The summed E-state index contributed by atoms with van der Waals surface area (Å²) in [5.41, 5.74) is 0.717. The first-order valence-electron chi connectivity index (χ1n) is 12.4. The molecule has 0 aromatic heterocycles. The topological polar surface area (TPSA) is 96.0 Å². The fourth-order valence-electron chi connectivity index (χ4n) is 4.06. The van der Waals surface area contributed by atoms with E-state index in [1.807, 2.05) is 6.92 Å². The van der Waals surface area contributed by atoms with Gasteiger partial charge in [0.15, 0.2) is 0 Å². The van der Waals surface area contributed by atoms with Crippen molar-refractivity contribution in [3.05, 3.63) is 88.4 Å². The molecule has 0 aliphatic carbocycles. The molecule has 208 valence electrons. The standard InChI is InChI=1S/C28H31Cl2N3O5S/c1-4-26(28(35)31-3)32(18-23-24(29)12-9-13-25(23)30)27(34)19-33(20-14-16-21(17-15-20)38-5-2)39(36,37)22-10-7-6-8-11-22/h6-17,26H,4-5,18-19H2,1-3H3,(H,31,35). The van der Waals surface area contributed by atoms with E-state index in [9.17, 15) is 18.0 Å². The number of benzene rings is 3. The van der Waals surface area contributed by atoms with Crippen LogP contribution in [0.3, 0.4) is 0 Å². The predicted octanol–water partition coefficient (Wildman–Crippen LogP) is 5.14. The minimum absolute atomic E-state index is 0.0192. The zero-order valence-corrected chi connectivity index (χ0v) is 24.3. The molecule has 0 saturated carbocycles. The van der Waals surface area contributed by atoms with Crippen LogP contribution in [-0.2, 0) is 26.2 Å². The van der Waals surface area contributed by atoms with Gasteiger partial charge in [0, 0.05) is 29.2 Å². The maximum Gasteiger partial charge on any atom is 0.264 e. The van der Waals surface area contributed by atoms with Gasteiger partial charge in [-0.3, -0.25) is 13.9 Å². The van der Waals surface area contributed by atoms with Crippen LogP contribution in [0.1, 0.15) is 25.8 Å². The van der Waals surface area contributed by atoms with Crippen molar-refractivity contribution in [3.63, 3.8) is 0 Å².